The predicted octanol–water partition coefficient (Wildman–Crippen LogP) is 0.587. The maximum absolute atomic E-state index is 12.1. The van der Waals surface area contributed by atoms with Crippen molar-refractivity contribution in [1.29, 1.82) is 5.26 Å². The van der Waals surface area contributed by atoms with E-state index in [1.807, 2.05) is 4.90 Å². The number of amides is 2. The third-order valence-corrected chi connectivity index (χ3v) is 3.63. The highest BCUT2D eigenvalue weighted by atomic mass is 16.5. The second kappa shape index (κ2) is 4.62. The van der Waals surface area contributed by atoms with Gasteiger partial charge in [-0.25, -0.2) is 0 Å². The van der Waals surface area contributed by atoms with Gasteiger partial charge in [-0.15, -0.1) is 0 Å². The highest BCUT2D eigenvalue weighted by Crippen LogP contribution is 2.34. The lowest BCUT2D eigenvalue weighted by molar-refractivity contribution is 0.0879. The van der Waals surface area contributed by atoms with Crippen molar-refractivity contribution in [2.24, 2.45) is 0 Å². The summed E-state index contributed by atoms with van der Waals surface area (Å²) in [4.78, 5) is 25.9. The summed E-state index contributed by atoms with van der Waals surface area (Å²) in [6, 6.07) is 3.79. The largest absolute Gasteiger partial charge is 0.378 e. The van der Waals surface area contributed by atoms with E-state index >= 15 is 0 Å². The zero-order valence-electron chi connectivity index (χ0n) is 11.0. The molecule has 0 aromatic heterocycles. The molecule has 0 saturated carbocycles. The number of nitrogens with zero attached hydrogens (tertiary/aromatic N) is 2. The van der Waals surface area contributed by atoms with Crippen LogP contribution in [0.1, 0.15) is 31.8 Å². The van der Waals surface area contributed by atoms with Crippen LogP contribution in [-0.2, 0) is 4.74 Å². The minimum Gasteiger partial charge on any atom is -0.378 e. The summed E-state index contributed by atoms with van der Waals surface area (Å²) in [7, 11) is 0. The van der Waals surface area contributed by atoms with Crippen molar-refractivity contribution in [2.75, 3.05) is 31.2 Å². The number of ether oxygens (including phenoxy) is 1. The Kier molecular flexibility index (Phi) is 2.92. The fourth-order valence-electron chi connectivity index (χ4n) is 2.75. The zero-order chi connectivity index (χ0) is 14.3. The number of benzene rings is 1. The van der Waals surface area contributed by atoms with Crippen molar-refractivity contribution >= 4 is 17.5 Å². The van der Waals surface area contributed by atoms with E-state index in [2.05, 4.69) is 11.4 Å². The molecule has 0 spiro atoms. The molecule has 2 aliphatic heterocycles. The van der Waals surface area contributed by atoms with Gasteiger partial charge in [0.25, 0.3) is 11.8 Å². The van der Waals surface area contributed by atoms with E-state index in [9.17, 15) is 14.9 Å². The first-order valence-corrected chi connectivity index (χ1v) is 6.39. The number of aryl methyl sites for hydroxylation is 1. The SMILES string of the molecule is Cc1cc(C#N)c(N2CCOCC2)c2c1C(=O)NC2=O. The molecule has 1 fully saturated rings. The van der Waals surface area contributed by atoms with Crippen LogP contribution in [0, 0.1) is 18.3 Å². The van der Waals surface area contributed by atoms with E-state index in [-0.39, 0.29) is 5.91 Å². The van der Waals surface area contributed by atoms with Crippen molar-refractivity contribution in [3.63, 3.8) is 0 Å². The number of hydrogen-bond donors (Lipinski definition) is 1. The van der Waals surface area contributed by atoms with Gasteiger partial charge in [-0.1, -0.05) is 0 Å². The van der Waals surface area contributed by atoms with E-state index in [0.29, 0.717) is 54.2 Å². The van der Waals surface area contributed by atoms with Crippen LogP contribution in [0.2, 0.25) is 0 Å². The van der Waals surface area contributed by atoms with Crippen molar-refractivity contribution in [3.8, 4) is 6.07 Å². The average molecular weight is 271 g/mol. The zero-order valence-corrected chi connectivity index (χ0v) is 11.0. The smallest absolute Gasteiger partial charge is 0.261 e. The summed E-state index contributed by atoms with van der Waals surface area (Å²) in [6.07, 6.45) is 0. The molecule has 2 heterocycles. The number of fused-ring (bicyclic) bond motifs is 1. The molecule has 1 N–H and O–H groups in total. The maximum atomic E-state index is 12.1. The number of anilines is 1. The maximum Gasteiger partial charge on any atom is 0.261 e. The number of nitriles is 1. The van der Waals surface area contributed by atoms with Gasteiger partial charge >= 0.3 is 0 Å². The molecule has 0 aliphatic carbocycles. The summed E-state index contributed by atoms with van der Waals surface area (Å²) < 4.78 is 5.29. The van der Waals surface area contributed by atoms with Crippen LogP contribution in [0.3, 0.4) is 0 Å². The van der Waals surface area contributed by atoms with Crippen molar-refractivity contribution < 1.29 is 14.3 Å². The molecule has 2 amide bonds. The lowest BCUT2D eigenvalue weighted by Crippen LogP contribution is -2.37. The van der Waals surface area contributed by atoms with Gasteiger partial charge in [0.1, 0.15) is 6.07 Å². The molecule has 6 nitrogen and oxygen atoms in total. The van der Waals surface area contributed by atoms with Crippen LogP contribution in [-0.4, -0.2) is 38.1 Å². The number of morpholine rings is 1. The molecular formula is C14H13N3O3. The molecule has 1 saturated heterocycles. The highest BCUT2D eigenvalue weighted by molar-refractivity contribution is 6.25. The van der Waals surface area contributed by atoms with Crippen LogP contribution in [0.4, 0.5) is 5.69 Å². The Hall–Kier alpha value is -2.39. The second-order valence-corrected chi connectivity index (χ2v) is 4.83. The standard InChI is InChI=1S/C14H13N3O3/c1-8-6-9(7-15)12(17-2-4-20-5-3-17)11-10(8)13(18)16-14(11)19/h6H,2-5H2,1H3,(H,16,18,19). The topological polar surface area (TPSA) is 82.4 Å². The molecule has 0 radical (unpaired) electrons. The number of nitrogens with one attached hydrogen (secondary N) is 1. The monoisotopic (exact) mass is 271 g/mol. The van der Waals surface area contributed by atoms with Gasteiger partial charge in [0.05, 0.1) is 35.6 Å². The van der Waals surface area contributed by atoms with E-state index in [4.69, 9.17) is 4.74 Å². The van der Waals surface area contributed by atoms with Crippen LogP contribution in [0.25, 0.3) is 0 Å². The first-order chi connectivity index (χ1) is 9.63. The number of hydrogen-bond acceptors (Lipinski definition) is 5. The van der Waals surface area contributed by atoms with Gasteiger partial charge in [-0.3, -0.25) is 14.9 Å². The van der Waals surface area contributed by atoms with Gasteiger partial charge in [-0.2, -0.15) is 5.26 Å². The summed E-state index contributed by atoms with van der Waals surface area (Å²) >= 11 is 0. The molecule has 0 unspecified atom stereocenters. The summed E-state index contributed by atoms with van der Waals surface area (Å²) in [6.45, 7) is 4.03. The summed E-state index contributed by atoms with van der Waals surface area (Å²) in [5.41, 5.74) is 2.34. The van der Waals surface area contributed by atoms with Crippen LogP contribution in [0.15, 0.2) is 6.07 Å². The van der Waals surface area contributed by atoms with Crippen LogP contribution < -0.4 is 10.2 Å². The number of carbonyl (C=O) groups excluding carboxylic acids is 2. The number of carbonyl (C=O) groups is 2. The van der Waals surface area contributed by atoms with Gasteiger partial charge < -0.3 is 9.64 Å². The Balaban J connectivity index is 2.24. The minimum absolute atomic E-state index is 0.327. The lowest BCUT2D eigenvalue weighted by atomic mass is 9.96. The van der Waals surface area contributed by atoms with Crippen LogP contribution in [0.5, 0.6) is 0 Å². The minimum atomic E-state index is -0.424. The van der Waals surface area contributed by atoms with E-state index < -0.39 is 5.91 Å². The third kappa shape index (κ3) is 1.75. The molecule has 0 atom stereocenters. The fraction of sp³-hybridized carbons (Fsp3) is 0.357. The quantitative estimate of drug-likeness (QED) is 0.756. The first-order valence-electron chi connectivity index (χ1n) is 6.39. The highest BCUT2D eigenvalue weighted by Gasteiger charge is 2.35. The van der Waals surface area contributed by atoms with E-state index in [1.165, 1.54) is 0 Å². The Labute approximate surface area is 115 Å². The lowest BCUT2D eigenvalue weighted by Gasteiger charge is -2.31. The average Bonchev–Trinajstić information content (AvgIpc) is 2.75. The van der Waals surface area contributed by atoms with Crippen molar-refractivity contribution in [3.05, 3.63) is 28.3 Å². The molecular weight excluding hydrogens is 258 g/mol. The molecule has 3 rings (SSSR count). The predicted molar refractivity (Wildman–Crippen MR) is 70.7 cm³/mol. The van der Waals surface area contributed by atoms with E-state index in [0.717, 1.165) is 0 Å². The molecule has 2 aliphatic rings. The van der Waals surface area contributed by atoms with Gasteiger partial charge in [-0.05, 0) is 18.6 Å². The summed E-state index contributed by atoms with van der Waals surface area (Å²) in [5, 5.41) is 11.6. The molecule has 1 aromatic carbocycles. The Bertz CT molecular complexity index is 655. The van der Waals surface area contributed by atoms with Gasteiger partial charge in [0.15, 0.2) is 0 Å². The van der Waals surface area contributed by atoms with Crippen LogP contribution >= 0.6 is 0 Å². The van der Waals surface area contributed by atoms with E-state index in [1.54, 1.807) is 13.0 Å². The molecule has 0 bridgehead atoms. The second-order valence-electron chi connectivity index (χ2n) is 4.83. The Morgan fingerprint density at radius 2 is 1.90 bits per heavy atom. The molecule has 1 aromatic rings. The third-order valence-electron chi connectivity index (χ3n) is 3.63. The summed E-state index contributed by atoms with van der Waals surface area (Å²) in [5.74, 6) is -0.812. The van der Waals surface area contributed by atoms with Gasteiger partial charge in [0.2, 0.25) is 0 Å². The fourth-order valence-corrected chi connectivity index (χ4v) is 2.75. The first kappa shape index (κ1) is 12.6. The van der Waals surface area contributed by atoms with Gasteiger partial charge in [0, 0.05) is 13.1 Å². The number of imide groups is 1. The van der Waals surface area contributed by atoms with Crippen molar-refractivity contribution in [2.45, 2.75) is 6.92 Å². The molecule has 20 heavy (non-hydrogen) atoms. The Morgan fingerprint density at radius 1 is 1.25 bits per heavy atom. The number of rotatable bonds is 1. The van der Waals surface area contributed by atoms with Crippen molar-refractivity contribution in [1.82, 2.24) is 5.32 Å². The Morgan fingerprint density at radius 3 is 2.55 bits per heavy atom. The normalized spacial score (nSPS) is 17.7. The molecule has 6 heteroatoms. The molecule has 102 valence electrons.